The van der Waals surface area contributed by atoms with Crippen LogP contribution in [0.5, 0.6) is 0 Å². The average molecular weight is 477 g/mol. The summed E-state index contributed by atoms with van der Waals surface area (Å²) in [6.07, 6.45) is 3.89. The van der Waals surface area contributed by atoms with Gasteiger partial charge in [0, 0.05) is 44.5 Å². The van der Waals surface area contributed by atoms with E-state index >= 15 is 0 Å². The highest BCUT2D eigenvalue weighted by molar-refractivity contribution is 7.26. The number of aromatic nitrogens is 1. The van der Waals surface area contributed by atoms with E-state index in [1.165, 1.54) is 70.3 Å². The van der Waals surface area contributed by atoms with Crippen molar-refractivity contribution in [1.82, 2.24) is 4.98 Å². The molecule has 2 nitrogen and oxygen atoms in total. The van der Waals surface area contributed by atoms with E-state index in [9.17, 15) is 0 Å². The molecule has 7 aromatic rings. The Morgan fingerprint density at radius 1 is 0.556 bits per heavy atom. The highest BCUT2D eigenvalue weighted by atomic mass is 32.1. The largest absolute Gasteiger partial charge is 0.309 e. The second kappa shape index (κ2) is 7.51. The summed E-state index contributed by atoms with van der Waals surface area (Å²) in [7, 11) is 0. The third-order valence-corrected chi connectivity index (χ3v) is 8.37. The molecule has 5 aromatic carbocycles. The molecule has 0 unspecified atom stereocenters. The van der Waals surface area contributed by atoms with Crippen LogP contribution in [0.4, 0.5) is 17.1 Å². The molecule has 2 aromatic heterocycles. The van der Waals surface area contributed by atoms with E-state index in [1.54, 1.807) is 0 Å². The average Bonchev–Trinajstić information content (AvgIpc) is 3.33. The fourth-order valence-corrected chi connectivity index (χ4v) is 6.85. The number of thiophene rings is 1. The lowest BCUT2D eigenvalue weighted by Crippen LogP contribution is -2.14. The van der Waals surface area contributed by atoms with Crippen LogP contribution >= 0.6 is 11.3 Å². The lowest BCUT2D eigenvalue weighted by atomic mass is 9.89. The standard InChI is InChI=1S/C33H20N2S/c1-2-7-21(8-3-1)22-13-15-23(16-14-22)35-28-11-5-4-9-24(28)27-19-30-33(25-17-18-34-20-31(25)36-30)26-10-6-12-29(35)32(26)27/h1-20H. The minimum atomic E-state index is 1.17. The fourth-order valence-electron chi connectivity index (χ4n) is 5.72. The van der Waals surface area contributed by atoms with Crippen molar-refractivity contribution in [1.29, 1.82) is 0 Å². The van der Waals surface area contributed by atoms with Crippen LogP contribution in [0, 0.1) is 0 Å². The Labute approximate surface area is 212 Å². The van der Waals surface area contributed by atoms with Gasteiger partial charge in [-0.1, -0.05) is 72.8 Å². The first-order valence-electron chi connectivity index (χ1n) is 12.1. The third-order valence-electron chi connectivity index (χ3n) is 7.29. The SMILES string of the molecule is c1ccc(-c2ccc(N3c4ccccc4-c4cc5sc6cnccc6c5c5cccc3c45)cc2)cc1. The number of fused-ring (bicyclic) bond motifs is 6. The second-order valence-electron chi connectivity index (χ2n) is 9.24. The zero-order chi connectivity index (χ0) is 23.6. The monoisotopic (exact) mass is 476 g/mol. The molecule has 0 saturated heterocycles. The first-order valence-corrected chi connectivity index (χ1v) is 13.0. The van der Waals surface area contributed by atoms with Crippen LogP contribution in [0.25, 0.3) is 53.2 Å². The zero-order valence-electron chi connectivity index (χ0n) is 19.3. The van der Waals surface area contributed by atoms with Crippen LogP contribution < -0.4 is 4.90 Å². The van der Waals surface area contributed by atoms with Gasteiger partial charge in [-0.05, 0) is 58.5 Å². The molecule has 36 heavy (non-hydrogen) atoms. The molecule has 8 rings (SSSR count). The summed E-state index contributed by atoms with van der Waals surface area (Å²) in [5.41, 5.74) is 8.64. The highest BCUT2D eigenvalue weighted by Crippen LogP contribution is 2.53. The molecule has 1 aliphatic heterocycles. The molecule has 0 atom stereocenters. The van der Waals surface area contributed by atoms with Crippen LogP contribution in [0.15, 0.2) is 122 Å². The second-order valence-corrected chi connectivity index (χ2v) is 10.3. The number of hydrogen-bond acceptors (Lipinski definition) is 3. The maximum Gasteiger partial charge on any atom is 0.0546 e. The number of hydrogen-bond donors (Lipinski definition) is 0. The Morgan fingerprint density at radius 2 is 1.33 bits per heavy atom. The molecular formula is C33H20N2S. The van der Waals surface area contributed by atoms with Gasteiger partial charge in [-0.15, -0.1) is 11.3 Å². The van der Waals surface area contributed by atoms with Crippen LogP contribution in [0.2, 0.25) is 0 Å². The van der Waals surface area contributed by atoms with E-state index < -0.39 is 0 Å². The molecule has 0 amide bonds. The van der Waals surface area contributed by atoms with Crippen molar-refractivity contribution in [2.45, 2.75) is 0 Å². The third kappa shape index (κ3) is 2.75. The fraction of sp³-hybridized carbons (Fsp3) is 0. The van der Waals surface area contributed by atoms with Gasteiger partial charge in [0.15, 0.2) is 0 Å². The first-order chi connectivity index (χ1) is 17.9. The van der Waals surface area contributed by atoms with Crippen LogP contribution in [0.3, 0.4) is 0 Å². The molecular weight excluding hydrogens is 456 g/mol. The van der Waals surface area contributed by atoms with Crippen LogP contribution in [-0.4, -0.2) is 4.98 Å². The van der Waals surface area contributed by atoms with Crippen molar-refractivity contribution in [2.24, 2.45) is 0 Å². The summed E-state index contributed by atoms with van der Waals surface area (Å²) in [6.45, 7) is 0. The van der Waals surface area contributed by atoms with Crippen LogP contribution in [0.1, 0.15) is 0 Å². The summed E-state index contributed by atoms with van der Waals surface area (Å²) < 4.78 is 2.55. The summed E-state index contributed by atoms with van der Waals surface area (Å²) in [4.78, 5) is 6.80. The van der Waals surface area contributed by atoms with Crippen molar-refractivity contribution in [3.63, 3.8) is 0 Å². The Kier molecular flexibility index (Phi) is 4.13. The Balaban J connectivity index is 1.42. The summed E-state index contributed by atoms with van der Waals surface area (Å²) in [6, 6.07) is 39.6. The molecule has 0 aliphatic carbocycles. The summed E-state index contributed by atoms with van der Waals surface area (Å²) in [5.74, 6) is 0. The molecule has 0 radical (unpaired) electrons. The van der Waals surface area contributed by atoms with Crippen molar-refractivity contribution >= 4 is 59.3 Å². The van der Waals surface area contributed by atoms with Gasteiger partial charge in [-0.25, -0.2) is 0 Å². The molecule has 3 heterocycles. The molecule has 0 fully saturated rings. The van der Waals surface area contributed by atoms with E-state index in [0.717, 1.165) is 0 Å². The molecule has 0 spiro atoms. The Morgan fingerprint density at radius 3 is 2.22 bits per heavy atom. The summed E-state index contributed by atoms with van der Waals surface area (Å²) in [5, 5.41) is 5.23. The first kappa shape index (κ1) is 19.8. The van der Waals surface area contributed by atoms with Crippen molar-refractivity contribution in [3.8, 4) is 22.3 Å². The van der Waals surface area contributed by atoms with Gasteiger partial charge in [0.1, 0.15) is 0 Å². The van der Waals surface area contributed by atoms with Crippen molar-refractivity contribution < 1.29 is 0 Å². The van der Waals surface area contributed by atoms with E-state index in [2.05, 4.69) is 119 Å². The number of nitrogens with zero attached hydrogens (tertiary/aromatic N) is 2. The molecule has 0 bridgehead atoms. The van der Waals surface area contributed by atoms with Gasteiger partial charge in [0.2, 0.25) is 0 Å². The molecule has 1 aliphatic rings. The van der Waals surface area contributed by atoms with E-state index in [-0.39, 0.29) is 0 Å². The number of pyridine rings is 1. The minimum absolute atomic E-state index is 1.17. The normalized spacial score (nSPS) is 12.4. The molecule has 168 valence electrons. The number of anilines is 3. The maximum absolute atomic E-state index is 4.38. The van der Waals surface area contributed by atoms with E-state index in [4.69, 9.17) is 0 Å². The van der Waals surface area contributed by atoms with Gasteiger partial charge in [0.05, 0.1) is 16.1 Å². The molecule has 3 heteroatoms. The number of benzene rings is 5. The Hall–Kier alpha value is -4.47. The number of rotatable bonds is 2. The van der Waals surface area contributed by atoms with Crippen LogP contribution in [-0.2, 0) is 0 Å². The van der Waals surface area contributed by atoms with Gasteiger partial charge in [0.25, 0.3) is 0 Å². The highest BCUT2D eigenvalue weighted by Gasteiger charge is 2.27. The predicted molar refractivity (Wildman–Crippen MR) is 154 cm³/mol. The van der Waals surface area contributed by atoms with Gasteiger partial charge in [-0.2, -0.15) is 0 Å². The van der Waals surface area contributed by atoms with Gasteiger partial charge >= 0.3 is 0 Å². The lowest BCUT2D eigenvalue weighted by molar-refractivity contribution is 1.29. The lowest BCUT2D eigenvalue weighted by Gasteiger charge is -2.33. The number of para-hydroxylation sites is 1. The summed E-state index contributed by atoms with van der Waals surface area (Å²) >= 11 is 1.83. The van der Waals surface area contributed by atoms with Gasteiger partial charge < -0.3 is 4.90 Å². The maximum atomic E-state index is 4.38. The quantitative estimate of drug-likeness (QED) is 0.247. The molecule has 0 saturated carbocycles. The topological polar surface area (TPSA) is 16.1 Å². The smallest absolute Gasteiger partial charge is 0.0546 e. The Bertz CT molecular complexity index is 1940. The molecule has 0 N–H and O–H groups in total. The predicted octanol–water partition coefficient (Wildman–Crippen LogP) is 9.72. The van der Waals surface area contributed by atoms with E-state index in [1.807, 2.05) is 23.7 Å². The van der Waals surface area contributed by atoms with Gasteiger partial charge in [-0.3, -0.25) is 4.98 Å². The minimum Gasteiger partial charge on any atom is -0.309 e. The van der Waals surface area contributed by atoms with Crippen molar-refractivity contribution in [2.75, 3.05) is 4.90 Å². The zero-order valence-corrected chi connectivity index (χ0v) is 20.2. The van der Waals surface area contributed by atoms with E-state index in [0.29, 0.717) is 0 Å². The van der Waals surface area contributed by atoms with Crippen molar-refractivity contribution in [3.05, 3.63) is 122 Å².